The summed E-state index contributed by atoms with van der Waals surface area (Å²) in [7, 11) is 0. The van der Waals surface area contributed by atoms with Gasteiger partial charge in [-0.05, 0) is 43.9 Å². The van der Waals surface area contributed by atoms with Gasteiger partial charge in [0.15, 0.2) is 0 Å². The van der Waals surface area contributed by atoms with E-state index in [1.165, 1.54) is 64.7 Å². The molecule has 1 aliphatic heterocycles. The molecule has 1 atom stereocenters. The van der Waals surface area contributed by atoms with Crippen LogP contribution in [-0.2, 0) is 0 Å². The van der Waals surface area contributed by atoms with E-state index in [0.29, 0.717) is 11.0 Å². The molecule has 3 rings (SSSR count). The van der Waals surface area contributed by atoms with Gasteiger partial charge in [0.1, 0.15) is 0 Å². The van der Waals surface area contributed by atoms with Crippen molar-refractivity contribution in [3.8, 4) is 0 Å². The van der Waals surface area contributed by atoms with Crippen molar-refractivity contribution in [2.75, 3.05) is 26.2 Å². The molecule has 0 aromatic carbocycles. The molecule has 98 valence electrons. The SMILES string of the molecule is CC1(CN2CCNC(C)(C3CC3)C2)CCCC1. The van der Waals surface area contributed by atoms with E-state index in [-0.39, 0.29) is 0 Å². The van der Waals surface area contributed by atoms with Gasteiger partial charge in [-0.2, -0.15) is 0 Å². The molecule has 2 heteroatoms. The highest BCUT2D eigenvalue weighted by Gasteiger charge is 2.44. The number of hydrogen-bond acceptors (Lipinski definition) is 2. The summed E-state index contributed by atoms with van der Waals surface area (Å²) in [5.41, 5.74) is 1.05. The predicted molar refractivity (Wildman–Crippen MR) is 72.1 cm³/mol. The van der Waals surface area contributed by atoms with Crippen molar-refractivity contribution >= 4 is 0 Å². The van der Waals surface area contributed by atoms with Gasteiger partial charge in [0.2, 0.25) is 0 Å². The quantitative estimate of drug-likeness (QED) is 0.810. The fourth-order valence-electron chi connectivity index (χ4n) is 4.15. The van der Waals surface area contributed by atoms with Crippen LogP contribution in [0, 0.1) is 11.3 Å². The third-order valence-corrected chi connectivity index (χ3v) is 5.40. The molecule has 1 heterocycles. The Morgan fingerprint density at radius 1 is 1.18 bits per heavy atom. The first kappa shape index (κ1) is 12.0. The number of hydrogen-bond donors (Lipinski definition) is 1. The molecular formula is C15H28N2. The minimum Gasteiger partial charge on any atom is -0.309 e. The van der Waals surface area contributed by atoms with Gasteiger partial charge in [0.25, 0.3) is 0 Å². The van der Waals surface area contributed by atoms with Crippen molar-refractivity contribution in [2.45, 2.75) is 57.9 Å². The number of nitrogens with one attached hydrogen (secondary N) is 1. The highest BCUT2D eigenvalue weighted by molar-refractivity contribution is 5.02. The van der Waals surface area contributed by atoms with Gasteiger partial charge in [-0.15, -0.1) is 0 Å². The zero-order valence-electron chi connectivity index (χ0n) is 11.6. The van der Waals surface area contributed by atoms with Gasteiger partial charge >= 0.3 is 0 Å². The molecule has 3 fully saturated rings. The van der Waals surface area contributed by atoms with E-state index in [1.54, 1.807) is 0 Å². The summed E-state index contributed by atoms with van der Waals surface area (Å²) in [6.07, 6.45) is 8.74. The van der Waals surface area contributed by atoms with E-state index in [4.69, 9.17) is 0 Å². The zero-order valence-corrected chi connectivity index (χ0v) is 11.6. The normalized spacial score (nSPS) is 38.5. The van der Waals surface area contributed by atoms with Gasteiger partial charge in [-0.1, -0.05) is 19.8 Å². The molecule has 1 saturated heterocycles. The topological polar surface area (TPSA) is 15.3 Å². The summed E-state index contributed by atoms with van der Waals surface area (Å²) in [4.78, 5) is 2.75. The van der Waals surface area contributed by atoms with Crippen molar-refractivity contribution in [1.29, 1.82) is 0 Å². The third-order valence-electron chi connectivity index (χ3n) is 5.40. The van der Waals surface area contributed by atoms with E-state index < -0.39 is 0 Å². The molecule has 0 spiro atoms. The summed E-state index contributed by atoms with van der Waals surface area (Å²) >= 11 is 0. The second-order valence-corrected chi connectivity index (χ2v) is 7.35. The maximum absolute atomic E-state index is 3.78. The molecule has 2 aliphatic carbocycles. The van der Waals surface area contributed by atoms with E-state index in [2.05, 4.69) is 24.1 Å². The molecule has 1 unspecified atom stereocenters. The zero-order chi connectivity index (χ0) is 11.9. The molecule has 0 aromatic rings. The molecule has 3 aliphatic rings. The molecule has 0 bridgehead atoms. The lowest BCUT2D eigenvalue weighted by Crippen LogP contribution is -2.61. The first-order valence-electron chi connectivity index (χ1n) is 7.57. The van der Waals surface area contributed by atoms with Crippen LogP contribution in [0.25, 0.3) is 0 Å². The van der Waals surface area contributed by atoms with Crippen LogP contribution in [0.2, 0.25) is 0 Å². The summed E-state index contributed by atoms with van der Waals surface area (Å²) in [5, 5.41) is 3.78. The summed E-state index contributed by atoms with van der Waals surface area (Å²) in [5.74, 6) is 0.960. The lowest BCUT2D eigenvalue weighted by molar-refractivity contribution is 0.0858. The Hall–Kier alpha value is -0.0800. The lowest BCUT2D eigenvalue weighted by atomic mass is 9.86. The van der Waals surface area contributed by atoms with Crippen LogP contribution in [0.5, 0.6) is 0 Å². The van der Waals surface area contributed by atoms with E-state index >= 15 is 0 Å². The van der Waals surface area contributed by atoms with Gasteiger partial charge in [-0.3, -0.25) is 4.90 Å². The summed E-state index contributed by atoms with van der Waals surface area (Å²) < 4.78 is 0. The second-order valence-electron chi connectivity index (χ2n) is 7.35. The molecular weight excluding hydrogens is 208 g/mol. The van der Waals surface area contributed by atoms with Crippen molar-refractivity contribution in [3.63, 3.8) is 0 Å². The van der Waals surface area contributed by atoms with Gasteiger partial charge in [-0.25, -0.2) is 0 Å². The standard InChI is InChI=1S/C15H28N2/c1-14(7-3-4-8-14)11-17-10-9-16-15(2,12-17)13-5-6-13/h13,16H,3-12H2,1-2H3. The van der Waals surface area contributed by atoms with Crippen molar-refractivity contribution < 1.29 is 0 Å². The summed E-state index contributed by atoms with van der Waals surface area (Å²) in [6.45, 7) is 10.1. The Morgan fingerprint density at radius 2 is 1.88 bits per heavy atom. The number of piperazine rings is 1. The van der Waals surface area contributed by atoms with Crippen LogP contribution < -0.4 is 5.32 Å². The van der Waals surface area contributed by atoms with Crippen LogP contribution >= 0.6 is 0 Å². The van der Waals surface area contributed by atoms with E-state index in [9.17, 15) is 0 Å². The van der Waals surface area contributed by atoms with Crippen LogP contribution in [-0.4, -0.2) is 36.6 Å². The molecule has 0 radical (unpaired) electrons. The maximum Gasteiger partial charge on any atom is 0.0309 e. The highest BCUT2D eigenvalue weighted by atomic mass is 15.2. The molecule has 0 aromatic heterocycles. The smallest absolute Gasteiger partial charge is 0.0309 e. The average Bonchev–Trinajstić information content (AvgIpc) is 3.04. The third kappa shape index (κ3) is 2.53. The minimum absolute atomic E-state index is 0.424. The van der Waals surface area contributed by atoms with Crippen molar-refractivity contribution in [1.82, 2.24) is 10.2 Å². The summed E-state index contributed by atoms with van der Waals surface area (Å²) in [6, 6.07) is 0. The Balaban J connectivity index is 1.59. The lowest BCUT2D eigenvalue weighted by Gasteiger charge is -2.44. The Kier molecular flexibility index (Phi) is 2.99. The first-order valence-corrected chi connectivity index (χ1v) is 7.57. The van der Waals surface area contributed by atoms with Gasteiger partial charge in [0, 0.05) is 31.7 Å². The van der Waals surface area contributed by atoms with Crippen LogP contribution in [0.4, 0.5) is 0 Å². The van der Waals surface area contributed by atoms with E-state index in [0.717, 1.165) is 5.92 Å². The highest BCUT2D eigenvalue weighted by Crippen LogP contribution is 2.42. The minimum atomic E-state index is 0.424. The van der Waals surface area contributed by atoms with Gasteiger partial charge in [0.05, 0.1) is 0 Å². The molecule has 2 saturated carbocycles. The average molecular weight is 236 g/mol. The number of rotatable bonds is 3. The Morgan fingerprint density at radius 3 is 2.53 bits per heavy atom. The molecule has 1 N–H and O–H groups in total. The first-order chi connectivity index (χ1) is 8.10. The van der Waals surface area contributed by atoms with Crippen molar-refractivity contribution in [2.24, 2.45) is 11.3 Å². The Labute approximate surface area is 106 Å². The molecule has 0 amide bonds. The van der Waals surface area contributed by atoms with Crippen LogP contribution in [0.3, 0.4) is 0 Å². The van der Waals surface area contributed by atoms with Gasteiger partial charge < -0.3 is 5.32 Å². The monoisotopic (exact) mass is 236 g/mol. The van der Waals surface area contributed by atoms with Crippen LogP contribution in [0.15, 0.2) is 0 Å². The maximum atomic E-state index is 3.78. The predicted octanol–water partition coefficient (Wildman–Crippen LogP) is 2.64. The molecule has 2 nitrogen and oxygen atoms in total. The van der Waals surface area contributed by atoms with Crippen molar-refractivity contribution in [3.05, 3.63) is 0 Å². The largest absolute Gasteiger partial charge is 0.309 e. The Bertz CT molecular complexity index is 277. The fourth-order valence-corrected chi connectivity index (χ4v) is 4.15. The fraction of sp³-hybridized carbons (Fsp3) is 1.00. The second kappa shape index (κ2) is 4.24. The van der Waals surface area contributed by atoms with Crippen LogP contribution in [0.1, 0.15) is 52.4 Å². The van der Waals surface area contributed by atoms with E-state index in [1.807, 2.05) is 0 Å². The molecule has 17 heavy (non-hydrogen) atoms. The number of nitrogens with zero attached hydrogens (tertiary/aromatic N) is 1.